The maximum atomic E-state index is 5.02. The summed E-state index contributed by atoms with van der Waals surface area (Å²) in [6.45, 7) is 22.5. The van der Waals surface area contributed by atoms with Crippen LogP contribution in [0.15, 0.2) is 173 Å². The molecule has 0 saturated heterocycles. The first kappa shape index (κ1) is 80.1. The van der Waals surface area contributed by atoms with Gasteiger partial charge in [-0.25, -0.2) is 0 Å². The summed E-state index contributed by atoms with van der Waals surface area (Å²) in [5, 5.41) is 12.8. The van der Waals surface area contributed by atoms with Crippen LogP contribution in [0.4, 0.5) is 5.69 Å². The molecule has 4 aromatic heterocycles. The minimum absolute atomic E-state index is 0. The average Bonchev–Trinajstić information content (AvgIpc) is 1.21. The number of pyridine rings is 2. The van der Waals surface area contributed by atoms with Crippen LogP contribution < -0.4 is 71.1 Å². The number of terminal acetylenes is 1. The standard InChI is InChI=1S/C51H51N3S3.C38H37N3.2HI.8H2/c1-7-10-13-16-19-20-21-22-23-24-25-26-27-28-31-33-40-53-46(5)43-56-50(53)38-36-48(51-54(47(6)44-57-51)41-34-30-18-15-12-9-3)35-37-49-52(45(4)42-55-49)39-32-29-17-14-11-8-2;1-4-39-26-23-30(33-13-7-10-16-36(33)39)21-19-29(32-25-28-41(6-3)38-18-12-9-15-35(32)38)20-22-31-24-27-40(5-2)37-17-11-8-14-34(31)37;;;;;;;;;;/h1,35-38,42-44H,8-9,11-12,14-15,17-18,29-30,32,34,39,41H2,2-6H3;7-28H,4-6H2,1-3H3;10*1H/q2*+2;;;;;;;;;;/p-2. The molecule has 100 heavy (non-hydrogen) atoms. The van der Waals surface area contributed by atoms with Gasteiger partial charge in [-0.2, -0.15) is 13.7 Å². The number of halogens is 2. The van der Waals surface area contributed by atoms with Crippen LogP contribution in [0.1, 0.15) is 168 Å². The molecule has 0 fully saturated rings. The van der Waals surface area contributed by atoms with Gasteiger partial charge >= 0.3 is 0 Å². The van der Waals surface area contributed by atoms with E-state index in [-0.39, 0.29) is 59.4 Å². The van der Waals surface area contributed by atoms with Crippen LogP contribution in [0.5, 0.6) is 0 Å². The molecule has 6 heterocycles. The van der Waals surface area contributed by atoms with Gasteiger partial charge in [0.2, 0.25) is 22.8 Å². The van der Waals surface area contributed by atoms with E-state index in [9.17, 15) is 0 Å². The van der Waals surface area contributed by atoms with Crippen molar-refractivity contribution in [2.75, 3.05) is 18.0 Å². The van der Waals surface area contributed by atoms with Gasteiger partial charge in [0.1, 0.15) is 19.6 Å². The third-order valence-electron chi connectivity index (χ3n) is 16.7. The maximum absolute atomic E-state index is 5.02. The van der Waals surface area contributed by atoms with Crippen LogP contribution >= 0.6 is 34.4 Å². The number of hydrogen-bond donors (Lipinski definition) is 0. The maximum Gasteiger partial charge on any atom is 0.277 e. The Morgan fingerprint density at radius 1 is 0.560 bits per heavy atom. The van der Waals surface area contributed by atoms with Crippen LogP contribution in [0, 0.1) is 121 Å². The van der Waals surface area contributed by atoms with Gasteiger partial charge in [0.15, 0.2) is 18.1 Å². The van der Waals surface area contributed by atoms with E-state index in [4.69, 9.17) is 6.42 Å². The molecule has 520 valence electrons. The number of hydrogen-bond acceptors (Lipinski definition) is 5. The van der Waals surface area contributed by atoms with E-state index in [1.54, 1.807) is 11.3 Å². The van der Waals surface area contributed by atoms with Gasteiger partial charge in [-0.3, -0.25) is 0 Å². The molecule has 0 amide bonds. The third kappa shape index (κ3) is 23.9. The van der Waals surface area contributed by atoms with E-state index in [1.165, 1.54) is 159 Å². The molecule has 0 atom stereocenters. The van der Waals surface area contributed by atoms with Crippen molar-refractivity contribution in [3.05, 3.63) is 211 Å². The zero-order valence-electron chi connectivity index (χ0n) is 59.0. The summed E-state index contributed by atoms with van der Waals surface area (Å²) in [4.78, 5) is 4.79. The van der Waals surface area contributed by atoms with Crippen molar-refractivity contribution in [2.24, 2.45) is 0 Å². The van der Waals surface area contributed by atoms with Crippen LogP contribution in [0.2, 0.25) is 0 Å². The molecule has 0 N–H and O–H groups in total. The number of thiazole rings is 2. The fourth-order valence-corrected chi connectivity index (χ4v) is 14.3. The summed E-state index contributed by atoms with van der Waals surface area (Å²) < 4.78 is 9.10. The topological polar surface area (TPSA) is 22.0 Å². The number of nitrogens with zero attached hydrogens (tertiary/aromatic N) is 6. The predicted molar refractivity (Wildman–Crippen MR) is 435 cm³/mol. The summed E-state index contributed by atoms with van der Waals surface area (Å²) in [5.41, 5.74) is 14.7. The Hall–Kier alpha value is -8.89. The minimum Gasteiger partial charge on any atom is -1.00 e. The number of aryl methyl sites for hydroxylation is 4. The summed E-state index contributed by atoms with van der Waals surface area (Å²) in [7, 11) is 0. The summed E-state index contributed by atoms with van der Waals surface area (Å²) in [5.74, 6) is 41.4. The number of unbranched alkanes of at least 4 members (excludes halogenated alkanes) is 10. The smallest absolute Gasteiger partial charge is 0.277 e. The lowest BCUT2D eigenvalue weighted by atomic mass is 9.96. The third-order valence-corrected chi connectivity index (χ3v) is 19.9. The van der Waals surface area contributed by atoms with Gasteiger partial charge in [-0.1, -0.05) is 177 Å². The number of para-hydroxylation sites is 3. The SMILES string of the molecule is C#CC#CC#CC#CC#CC#CC#CC#CC#C[n+]1c(C)csc1C=CC(=CC=C1SC=C(C)N1CCCCCCCC)c1scc(C)[n+]1CCCCCCCC.CCN1C=C/C(=C/C=C(/C=C/c2cc[n+](CC)c3ccccc23)c2cc[n+](CC)c3ccccc23)c2ccccc21.[HH].[HH].[HH].[HH].[HH].[HH].[HH].[HH].[I-].[I-]. The Bertz CT molecular complexity index is 4880. The quantitative estimate of drug-likeness (QED) is 0.0187. The Kier molecular flexibility index (Phi) is 36.0. The van der Waals surface area contributed by atoms with Gasteiger partial charge in [-0.05, 0) is 153 Å². The monoisotopic (exact) mass is 1610 g/mol. The van der Waals surface area contributed by atoms with Crippen molar-refractivity contribution >= 4 is 90.8 Å². The Morgan fingerprint density at radius 2 is 1.12 bits per heavy atom. The lowest BCUT2D eigenvalue weighted by Crippen LogP contribution is -3.00. The number of thioether (sulfide) groups is 1. The first-order valence-corrected chi connectivity index (χ1v) is 37.0. The van der Waals surface area contributed by atoms with Crippen molar-refractivity contribution in [1.29, 1.82) is 0 Å². The molecule has 0 aliphatic carbocycles. The average molecular weight is 1610 g/mol. The van der Waals surface area contributed by atoms with Gasteiger partial charge in [0, 0.05) is 145 Å². The summed E-state index contributed by atoms with van der Waals surface area (Å²) in [6, 6.07) is 33.7. The second kappa shape index (κ2) is 45.0. The number of allylic oxidation sites excluding steroid dienone is 11. The zero-order chi connectivity index (χ0) is 68.9. The fraction of sp³-hybridized carbons (Fsp3) is 0.281. The second-order valence-electron chi connectivity index (χ2n) is 23.3. The molecule has 0 bridgehead atoms. The number of rotatable bonds is 25. The van der Waals surface area contributed by atoms with Crippen LogP contribution in [0.25, 0.3) is 50.7 Å². The molecular formula is C89H104I2N6S3+2. The highest BCUT2D eigenvalue weighted by atomic mass is 127. The highest BCUT2D eigenvalue weighted by Gasteiger charge is 2.23. The molecule has 11 heteroatoms. The molecular weight excluding hydrogens is 1500 g/mol. The Morgan fingerprint density at radius 3 is 1.78 bits per heavy atom. The highest BCUT2D eigenvalue weighted by molar-refractivity contribution is 8.06. The molecule has 9 rings (SSSR count). The molecule has 0 spiro atoms. The molecule has 2 aliphatic rings. The predicted octanol–water partition coefficient (Wildman–Crippen LogP) is 14.2. The van der Waals surface area contributed by atoms with E-state index >= 15 is 0 Å². The normalized spacial score (nSPS) is 12.7. The first-order chi connectivity index (χ1) is 48.2. The van der Waals surface area contributed by atoms with Crippen LogP contribution in [-0.4, -0.2) is 18.0 Å². The van der Waals surface area contributed by atoms with Gasteiger partial charge < -0.3 is 57.8 Å². The first-order valence-electron chi connectivity index (χ1n) is 34.3. The molecule has 3 aromatic carbocycles. The lowest BCUT2D eigenvalue weighted by molar-refractivity contribution is -0.700. The van der Waals surface area contributed by atoms with Gasteiger partial charge in [0.25, 0.3) is 10.0 Å². The van der Waals surface area contributed by atoms with Gasteiger partial charge in [0.05, 0.1) is 38.1 Å². The lowest BCUT2D eigenvalue weighted by Gasteiger charge is -2.26. The summed E-state index contributed by atoms with van der Waals surface area (Å²) in [6.07, 6.45) is 47.4. The number of fused-ring (bicyclic) bond motifs is 3. The van der Waals surface area contributed by atoms with Crippen molar-refractivity contribution in [1.82, 2.24) is 4.90 Å². The Labute approximate surface area is 656 Å². The van der Waals surface area contributed by atoms with Crippen LogP contribution in [-0.2, 0) is 19.6 Å². The fourth-order valence-electron chi connectivity index (χ4n) is 11.5. The zero-order valence-corrected chi connectivity index (χ0v) is 65.8. The molecule has 0 unspecified atom stereocenters. The largest absolute Gasteiger partial charge is 1.00 e. The van der Waals surface area contributed by atoms with Crippen molar-refractivity contribution in [3.63, 3.8) is 0 Å². The van der Waals surface area contributed by atoms with Crippen molar-refractivity contribution in [2.45, 2.75) is 152 Å². The molecule has 2 aliphatic heterocycles. The molecule has 6 nitrogen and oxygen atoms in total. The number of benzene rings is 3. The van der Waals surface area contributed by atoms with E-state index in [2.05, 4.69) is 354 Å². The molecule has 0 saturated carbocycles. The van der Waals surface area contributed by atoms with Crippen molar-refractivity contribution < 1.29 is 77.6 Å². The van der Waals surface area contributed by atoms with E-state index < -0.39 is 0 Å². The van der Waals surface area contributed by atoms with Crippen molar-refractivity contribution in [3.8, 4) is 107 Å². The van der Waals surface area contributed by atoms with E-state index in [0.29, 0.717) is 0 Å². The Balaban J connectivity index is -0.00000194. The summed E-state index contributed by atoms with van der Waals surface area (Å²) >= 11 is 5.31. The second-order valence-corrected chi connectivity index (χ2v) is 26.0. The molecule has 0 radical (unpaired) electrons. The number of anilines is 1. The van der Waals surface area contributed by atoms with E-state index in [0.717, 1.165) is 43.4 Å². The number of aromatic nitrogens is 4. The van der Waals surface area contributed by atoms with E-state index in [1.807, 2.05) is 27.7 Å². The highest BCUT2D eigenvalue weighted by Crippen LogP contribution is 2.36. The van der Waals surface area contributed by atoms with Gasteiger partial charge in [-0.15, -0.1) is 6.42 Å². The minimum atomic E-state index is 0. The van der Waals surface area contributed by atoms with Crippen LogP contribution in [0.3, 0.4) is 0 Å². The molecule has 7 aromatic rings.